The number of carbonyl (C=O) groups excluding carboxylic acids is 1. The molecule has 23 heavy (non-hydrogen) atoms. The number of aromatic nitrogens is 3. The minimum atomic E-state index is -1.60. The summed E-state index contributed by atoms with van der Waals surface area (Å²) in [5, 5.41) is 25.9. The fourth-order valence-corrected chi connectivity index (χ4v) is 2.78. The molecule has 2 rings (SSSR count). The number of hydrogen-bond acceptors (Lipinski definition) is 6. The Morgan fingerprint density at radius 2 is 1.96 bits per heavy atom. The molecular weight excluding hydrogens is 299 g/mol. The zero-order valence-corrected chi connectivity index (χ0v) is 14.1. The van der Waals surface area contributed by atoms with Crippen LogP contribution in [0.5, 0.6) is 0 Å². The lowest BCUT2D eigenvalue weighted by molar-refractivity contribution is 0.0172. The Morgan fingerprint density at radius 1 is 1.35 bits per heavy atom. The molecule has 0 radical (unpaired) electrons. The normalized spacial score (nSPS) is 21.8. The zero-order chi connectivity index (χ0) is 17.2. The maximum Gasteiger partial charge on any atom is 0.511 e. The molecule has 8 nitrogen and oxygen atoms in total. The number of nitrogens with zero attached hydrogens (tertiary/aromatic N) is 4. The lowest BCUT2D eigenvalue weighted by Crippen LogP contribution is -2.42. The highest BCUT2D eigenvalue weighted by atomic mass is 16.6. The van der Waals surface area contributed by atoms with Gasteiger partial charge in [0, 0.05) is 19.3 Å². The number of hydrogen-bond donors (Lipinski definition) is 2. The first kappa shape index (κ1) is 17.7. The maximum atomic E-state index is 12.1. The van der Waals surface area contributed by atoms with Gasteiger partial charge in [-0.15, -0.1) is 5.10 Å². The van der Waals surface area contributed by atoms with Crippen molar-refractivity contribution in [3.8, 4) is 0 Å². The summed E-state index contributed by atoms with van der Waals surface area (Å²) in [5.41, 5.74) is -0.344. The fourth-order valence-electron chi connectivity index (χ4n) is 2.78. The van der Waals surface area contributed by atoms with E-state index in [0.29, 0.717) is 0 Å². The van der Waals surface area contributed by atoms with E-state index in [9.17, 15) is 4.79 Å². The minimum absolute atomic E-state index is 0.146. The summed E-state index contributed by atoms with van der Waals surface area (Å²) in [6, 6.07) is 0.311. The van der Waals surface area contributed by atoms with Crippen LogP contribution in [0.15, 0.2) is 6.20 Å². The van der Waals surface area contributed by atoms with E-state index in [1.54, 1.807) is 22.8 Å². The number of carbonyl (C=O) groups is 1. The zero-order valence-electron chi connectivity index (χ0n) is 14.1. The average molecular weight is 324 g/mol. The third kappa shape index (κ3) is 4.68. The molecule has 9 heteroatoms. The Balaban J connectivity index is 1.89. The molecule has 0 bridgehead atoms. The third-order valence-electron chi connectivity index (χ3n) is 4.06. The molecule has 128 valence electrons. The second kappa shape index (κ2) is 6.88. The van der Waals surface area contributed by atoms with Gasteiger partial charge in [0.2, 0.25) is 0 Å². The standard InChI is InChI=1S/C14H25BN4O4/c1-14(2,3)23-13(20)18(4)10-5-7-11(8-6-10)19-9-12(15(21)22)16-17-19/h9-11,21-22H,5-8H2,1-4H3. The third-order valence-corrected chi connectivity index (χ3v) is 4.06. The van der Waals surface area contributed by atoms with Gasteiger partial charge in [-0.3, -0.25) is 0 Å². The van der Waals surface area contributed by atoms with Crippen LogP contribution in [0.2, 0.25) is 0 Å². The molecule has 1 aromatic heterocycles. The Bertz CT molecular complexity index is 535. The van der Waals surface area contributed by atoms with Gasteiger partial charge in [0.05, 0.1) is 6.04 Å². The molecule has 0 atom stereocenters. The summed E-state index contributed by atoms with van der Waals surface area (Å²) in [4.78, 5) is 13.8. The van der Waals surface area contributed by atoms with Gasteiger partial charge in [-0.2, -0.15) is 0 Å². The van der Waals surface area contributed by atoms with E-state index < -0.39 is 12.7 Å². The van der Waals surface area contributed by atoms with Gasteiger partial charge in [-0.05, 0) is 46.5 Å². The van der Waals surface area contributed by atoms with Gasteiger partial charge in [0.1, 0.15) is 11.2 Å². The summed E-state index contributed by atoms with van der Waals surface area (Å²) in [6.45, 7) is 5.56. The molecule has 0 saturated heterocycles. The van der Waals surface area contributed by atoms with E-state index in [4.69, 9.17) is 14.8 Å². The number of ether oxygens (including phenoxy) is 1. The van der Waals surface area contributed by atoms with Crippen molar-refractivity contribution in [2.45, 2.75) is 64.1 Å². The second-order valence-corrected chi connectivity index (χ2v) is 7.05. The molecule has 2 N–H and O–H groups in total. The molecule has 1 aliphatic rings. The van der Waals surface area contributed by atoms with Gasteiger partial charge in [0.25, 0.3) is 0 Å². The molecule has 0 aromatic carbocycles. The van der Waals surface area contributed by atoms with Gasteiger partial charge < -0.3 is 19.7 Å². The van der Waals surface area contributed by atoms with Crippen molar-refractivity contribution in [2.75, 3.05) is 7.05 Å². The number of rotatable bonds is 3. The maximum absolute atomic E-state index is 12.1. The second-order valence-electron chi connectivity index (χ2n) is 7.05. The van der Waals surface area contributed by atoms with Crippen LogP contribution in [0.3, 0.4) is 0 Å². The molecular formula is C14H25BN4O4. The molecule has 1 heterocycles. The van der Waals surface area contributed by atoms with Crippen LogP contribution in [0, 0.1) is 0 Å². The van der Waals surface area contributed by atoms with E-state index in [1.165, 1.54) is 0 Å². The predicted molar refractivity (Wildman–Crippen MR) is 85.1 cm³/mol. The van der Waals surface area contributed by atoms with Crippen molar-refractivity contribution < 1.29 is 19.6 Å². The predicted octanol–water partition coefficient (Wildman–Crippen LogP) is 0.308. The SMILES string of the molecule is CN(C(=O)OC(C)(C)C)C1CCC(n2cc(B(O)O)nn2)CC1. The van der Waals surface area contributed by atoms with Gasteiger partial charge in [-0.25, -0.2) is 9.48 Å². The van der Waals surface area contributed by atoms with E-state index in [1.807, 2.05) is 20.8 Å². The summed E-state index contributed by atoms with van der Waals surface area (Å²) in [6.07, 6.45) is 4.65. The highest BCUT2D eigenvalue weighted by molar-refractivity contribution is 6.57. The molecule has 1 amide bonds. The van der Waals surface area contributed by atoms with Crippen molar-refractivity contribution in [3.05, 3.63) is 6.20 Å². The molecule has 1 fully saturated rings. The fraction of sp³-hybridized carbons (Fsp3) is 0.786. The monoisotopic (exact) mass is 324 g/mol. The summed E-state index contributed by atoms with van der Waals surface area (Å²) in [7, 11) is 0.174. The molecule has 0 unspecified atom stereocenters. The molecule has 0 spiro atoms. The Kier molecular flexibility index (Phi) is 5.31. The van der Waals surface area contributed by atoms with Gasteiger partial charge in [-0.1, -0.05) is 5.21 Å². The van der Waals surface area contributed by atoms with E-state index in [-0.39, 0.29) is 23.8 Å². The van der Waals surface area contributed by atoms with Crippen LogP contribution < -0.4 is 5.59 Å². The van der Waals surface area contributed by atoms with E-state index >= 15 is 0 Å². The topological polar surface area (TPSA) is 101 Å². The van der Waals surface area contributed by atoms with Crippen LogP contribution in [-0.4, -0.2) is 61.8 Å². The highest BCUT2D eigenvalue weighted by Crippen LogP contribution is 2.30. The summed E-state index contributed by atoms with van der Waals surface area (Å²) >= 11 is 0. The van der Waals surface area contributed by atoms with Gasteiger partial charge in [0.15, 0.2) is 0 Å². The smallest absolute Gasteiger partial charge is 0.444 e. The quantitative estimate of drug-likeness (QED) is 0.776. The Hall–Kier alpha value is -1.61. The van der Waals surface area contributed by atoms with Crippen molar-refractivity contribution in [1.29, 1.82) is 0 Å². The van der Waals surface area contributed by atoms with E-state index in [2.05, 4.69) is 10.3 Å². The number of amides is 1. The first-order valence-corrected chi connectivity index (χ1v) is 7.91. The van der Waals surface area contributed by atoms with Crippen molar-refractivity contribution >= 4 is 18.8 Å². The van der Waals surface area contributed by atoms with Crippen LogP contribution in [0.25, 0.3) is 0 Å². The summed E-state index contributed by atoms with van der Waals surface area (Å²) in [5.74, 6) is 0. The van der Waals surface area contributed by atoms with Gasteiger partial charge >= 0.3 is 13.2 Å². The molecule has 1 aromatic rings. The minimum Gasteiger partial charge on any atom is -0.444 e. The van der Waals surface area contributed by atoms with Crippen molar-refractivity contribution in [1.82, 2.24) is 19.9 Å². The first-order chi connectivity index (χ1) is 10.7. The van der Waals surface area contributed by atoms with E-state index in [0.717, 1.165) is 25.7 Å². The first-order valence-electron chi connectivity index (χ1n) is 7.91. The largest absolute Gasteiger partial charge is 0.511 e. The van der Waals surface area contributed by atoms with Crippen molar-refractivity contribution in [2.24, 2.45) is 0 Å². The molecule has 0 aliphatic heterocycles. The van der Waals surface area contributed by atoms with Crippen LogP contribution in [-0.2, 0) is 4.74 Å². The van der Waals surface area contributed by atoms with Crippen LogP contribution >= 0.6 is 0 Å². The average Bonchev–Trinajstić information content (AvgIpc) is 2.95. The Labute approximate surface area is 136 Å². The molecule has 1 aliphatic carbocycles. The van der Waals surface area contributed by atoms with Crippen LogP contribution in [0.4, 0.5) is 4.79 Å². The lowest BCUT2D eigenvalue weighted by atomic mass is 9.87. The Morgan fingerprint density at radius 3 is 2.43 bits per heavy atom. The summed E-state index contributed by atoms with van der Waals surface area (Å²) < 4.78 is 7.08. The van der Waals surface area contributed by atoms with Crippen LogP contribution in [0.1, 0.15) is 52.5 Å². The van der Waals surface area contributed by atoms with Crippen molar-refractivity contribution in [3.63, 3.8) is 0 Å². The highest BCUT2D eigenvalue weighted by Gasteiger charge is 2.30. The molecule has 1 saturated carbocycles. The lowest BCUT2D eigenvalue weighted by Gasteiger charge is -2.35.